The molecular formula is C20H20ClF3N2O3S. The van der Waals surface area contributed by atoms with Crippen molar-refractivity contribution in [3.8, 4) is 0 Å². The highest BCUT2D eigenvalue weighted by Crippen LogP contribution is 2.34. The first kappa shape index (κ1) is 23.8. The van der Waals surface area contributed by atoms with Crippen LogP contribution in [0.1, 0.15) is 22.8 Å². The molecule has 0 heterocycles. The van der Waals surface area contributed by atoms with E-state index in [1.54, 1.807) is 14.0 Å². The van der Waals surface area contributed by atoms with Gasteiger partial charge in [-0.05, 0) is 43.3 Å². The van der Waals surface area contributed by atoms with Crippen LogP contribution in [0.2, 0.25) is 5.02 Å². The summed E-state index contributed by atoms with van der Waals surface area (Å²) in [7, 11) is -2.85. The smallest absolute Gasteiger partial charge is 0.342 e. The second-order valence-corrected chi connectivity index (χ2v) is 8.58. The lowest BCUT2D eigenvalue weighted by Crippen LogP contribution is -2.32. The Morgan fingerprint density at radius 2 is 1.87 bits per heavy atom. The van der Waals surface area contributed by atoms with E-state index in [0.717, 1.165) is 28.6 Å². The van der Waals surface area contributed by atoms with Gasteiger partial charge in [0, 0.05) is 19.2 Å². The Labute approximate surface area is 178 Å². The Morgan fingerprint density at radius 1 is 1.20 bits per heavy atom. The van der Waals surface area contributed by atoms with Crippen molar-refractivity contribution in [2.75, 3.05) is 24.4 Å². The first-order valence-corrected chi connectivity index (χ1v) is 10.6. The van der Waals surface area contributed by atoms with Crippen LogP contribution in [-0.2, 0) is 16.2 Å². The van der Waals surface area contributed by atoms with Gasteiger partial charge < -0.3 is 4.90 Å². The van der Waals surface area contributed by atoms with Gasteiger partial charge in [-0.3, -0.25) is 9.10 Å². The maximum absolute atomic E-state index is 13.3. The molecule has 0 bridgehead atoms. The molecule has 0 aliphatic rings. The van der Waals surface area contributed by atoms with E-state index in [0.29, 0.717) is 6.54 Å². The molecule has 0 saturated heterocycles. The molecule has 2 rings (SSSR count). The van der Waals surface area contributed by atoms with Crippen LogP contribution >= 0.6 is 11.6 Å². The summed E-state index contributed by atoms with van der Waals surface area (Å²) in [6, 6.07) is 7.70. The first-order valence-electron chi connectivity index (χ1n) is 8.79. The molecule has 0 aromatic heterocycles. The standard InChI is InChI=1S/C20H20ClF3N2O3S/c1-4-11-26(16-8-6-7-15(13-16)20(22,23)24)30(28,29)18-12-14(9-10-17(18)21)19(27)25(3)5-2/h4,6-10,12-13H,1,5,11H2,2-3H3. The highest BCUT2D eigenvalue weighted by atomic mass is 35.5. The van der Waals surface area contributed by atoms with E-state index in [2.05, 4.69) is 6.58 Å². The van der Waals surface area contributed by atoms with E-state index >= 15 is 0 Å². The molecule has 0 fully saturated rings. The number of carbonyl (C=O) groups is 1. The van der Waals surface area contributed by atoms with Gasteiger partial charge in [-0.2, -0.15) is 13.2 Å². The fraction of sp³-hybridized carbons (Fsp3) is 0.250. The van der Waals surface area contributed by atoms with Crippen LogP contribution in [0.3, 0.4) is 0 Å². The number of benzene rings is 2. The minimum atomic E-state index is -4.64. The average Bonchev–Trinajstić information content (AvgIpc) is 2.70. The van der Waals surface area contributed by atoms with Gasteiger partial charge in [0.15, 0.2) is 0 Å². The van der Waals surface area contributed by atoms with Crippen LogP contribution in [-0.4, -0.2) is 39.4 Å². The number of carbonyl (C=O) groups excluding carboxylic acids is 1. The number of anilines is 1. The number of hydrogen-bond acceptors (Lipinski definition) is 3. The van der Waals surface area contributed by atoms with E-state index in [1.807, 2.05) is 0 Å². The van der Waals surface area contributed by atoms with E-state index in [9.17, 15) is 26.4 Å². The van der Waals surface area contributed by atoms with Crippen molar-refractivity contribution >= 4 is 33.2 Å². The molecule has 0 saturated carbocycles. The van der Waals surface area contributed by atoms with Crippen LogP contribution in [0.4, 0.5) is 18.9 Å². The summed E-state index contributed by atoms with van der Waals surface area (Å²) in [4.78, 5) is 13.4. The van der Waals surface area contributed by atoms with Crippen LogP contribution in [0.5, 0.6) is 0 Å². The van der Waals surface area contributed by atoms with Crippen molar-refractivity contribution in [1.29, 1.82) is 0 Å². The lowest BCUT2D eigenvalue weighted by atomic mass is 10.2. The lowest BCUT2D eigenvalue weighted by Gasteiger charge is -2.25. The molecule has 2 aromatic carbocycles. The Kier molecular flexibility index (Phi) is 7.20. The molecule has 0 spiro atoms. The van der Waals surface area contributed by atoms with Crippen molar-refractivity contribution in [3.63, 3.8) is 0 Å². The fourth-order valence-corrected chi connectivity index (χ4v) is 4.54. The van der Waals surface area contributed by atoms with Gasteiger partial charge in [0.2, 0.25) is 0 Å². The van der Waals surface area contributed by atoms with Gasteiger partial charge in [0.25, 0.3) is 15.9 Å². The lowest BCUT2D eigenvalue weighted by molar-refractivity contribution is -0.137. The van der Waals surface area contributed by atoms with E-state index in [-0.39, 0.29) is 22.8 Å². The van der Waals surface area contributed by atoms with Gasteiger partial charge in [-0.15, -0.1) is 6.58 Å². The van der Waals surface area contributed by atoms with Crippen molar-refractivity contribution in [2.24, 2.45) is 0 Å². The molecule has 0 aliphatic carbocycles. The summed E-state index contributed by atoms with van der Waals surface area (Å²) in [5.41, 5.74) is -1.11. The van der Waals surface area contributed by atoms with Crippen molar-refractivity contribution < 1.29 is 26.4 Å². The summed E-state index contributed by atoms with van der Waals surface area (Å²) in [5, 5.41) is -0.160. The topological polar surface area (TPSA) is 57.7 Å². The fourth-order valence-electron chi connectivity index (χ4n) is 2.61. The zero-order chi connectivity index (χ0) is 22.7. The number of amides is 1. The highest BCUT2D eigenvalue weighted by Gasteiger charge is 2.33. The van der Waals surface area contributed by atoms with Crippen molar-refractivity contribution in [3.05, 3.63) is 71.3 Å². The van der Waals surface area contributed by atoms with E-state index in [1.165, 1.54) is 29.2 Å². The van der Waals surface area contributed by atoms with Crippen molar-refractivity contribution in [1.82, 2.24) is 4.90 Å². The highest BCUT2D eigenvalue weighted by molar-refractivity contribution is 7.93. The van der Waals surface area contributed by atoms with Crippen molar-refractivity contribution in [2.45, 2.75) is 18.0 Å². The normalized spacial score (nSPS) is 11.8. The van der Waals surface area contributed by atoms with Gasteiger partial charge in [-0.1, -0.05) is 23.7 Å². The largest absolute Gasteiger partial charge is 0.416 e. The molecule has 162 valence electrons. The minimum Gasteiger partial charge on any atom is -0.342 e. The minimum absolute atomic E-state index is 0.0879. The summed E-state index contributed by atoms with van der Waals surface area (Å²) >= 11 is 6.10. The Bertz CT molecular complexity index is 1060. The summed E-state index contributed by atoms with van der Waals surface area (Å²) in [5.74, 6) is -0.417. The summed E-state index contributed by atoms with van der Waals surface area (Å²) < 4.78 is 66.7. The number of sulfonamides is 1. The van der Waals surface area contributed by atoms with Crippen LogP contribution in [0.15, 0.2) is 60.0 Å². The molecule has 0 unspecified atom stereocenters. The SMILES string of the molecule is C=CCN(c1cccc(C(F)(F)F)c1)S(=O)(=O)c1cc(C(=O)N(C)CC)ccc1Cl. The quantitative estimate of drug-likeness (QED) is 0.556. The molecule has 0 N–H and O–H groups in total. The number of halogens is 4. The molecular weight excluding hydrogens is 441 g/mol. The molecule has 0 atom stereocenters. The van der Waals surface area contributed by atoms with Gasteiger partial charge in [0.1, 0.15) is 4.90 Å². The second kappa shape index (κ2) is 9.09. The molecule has 10 heteroatoms. The number of alkyl halides is 3. The summed E-state index contributed by atoms with van der Waals surface area (Å²) in [6.45, 7) is 5.34. The maximum Gasteiger partial charge on any atom is 0.416 e. The van der Waals surface area contributed by atoms with Gasteiger partial charge in [0.05, 0.1) is 22.8 Å². The maximum atomic E-state index is 13.3. The number of rotatable bonds is 7. The number of hydrogen-bond donors (Lipinski definition) is 0. The molecule has 1 amide bonds. The predicted octanol–water partition coefficient (Wildman–Crippen LogP) is 4.83. The van der Waals surface area contributed by atoms with Crippen LogP contribution in [0.25, 0.3) is 0 Å². The molecule has 5 nitrogen and oxygen atoms in total. The van der Waals surface area contributed by atoms with Crippen LogP contribution in [0, 0.1) is 0 Å². The Morgan fingerprint density at radius 3 is 2.43 bits per heavy atom. The first-order chi connectivity index (χ1) is 13.9. The third-order valence-electron chi connectivity index (χ3n) is 4.32. The molecule has 2 aromatic rings. The third-order valence-corrected chi connectivity index (χ3v) is 6.60. The van der Waals surface area contributed by atoms with Crippen LogP contribution < -0.4 is 4.31 Å². The second-order valence-electron chi connectivity index (χ2n) is 6.34. The average molecular weight is 461 g/mol. The molecule has 0 aliphatic heterocycles. The predicted molar refractivity (Wildman–Crippen MR) is 110 cm³/mol. The van der Waals surface area contributed by atoms with E-state index < -0.39 is 32.6 Å². The van der Waals surface area contributed by atoms with Gasteiger partial charge in [-0.25, -0.2) is 8.42 Å². The molecule has 30 heavy (non-hydrogen) atoms. The zero-order valence-corrected chi connectivity index (χ0v) is 17.9. The monoisotopic (exact) mass is 460 g/mol. The Hall–Kier alpha value is -2.52. The van der Waals surface area contributed by atoms with Gasteiger partial charge >= 0.3 is 6.18 Å². The molecule has 0 radical (unpaired) electrons. The van der Waals surface area contributed by atoms with E-state index in [4.69, 9.17) is 11.6 Å². The summed E-state index contributed by atoms with van der Waals surface area (Å²) in [6.07, 6.45) is -3.40. The number of nitrogens with zero attached hydrogens (tertiary/aromatic N) is 2. The third kappa shape index (κ3) is 4.96. The zero-order valence-electron chi connectivity index (χ0n) is 16.3. The Balaban J connectivity index is 2.62.